The van der Waals surface area contributed by atoms with Crippen molar-refractivity contribution < 1.29 is 14.1 Å². The van der Waals surface area contributed by atoms with Crippen LogP contribution in [0.1, 0.15) is 23.4 Å². The Labute approximate surface area is 149 Å². The van der Waals surface area contributed by atoms with E-state index in [1.165, 1.54) is 4.68 Å². The molecule has 3 rings (SSSR count). The van der Waals surface area contributed by atoms with Gasteiger partial charge in [0.2, 0.25) is 5.91 Å². The Kier molecular flexibility index (Phi) is 5.01. The summed E-state index contributed by atoms with van der Waals surface area (Å²) >= 11 is 0. The second-order valence-electron chi connectivity index (χ2n) is 5.95. The van der Waals surface area contributed by atoms with Crippen LogP contribution in [0.3, 0.4) is 0 Å². The van der Waals surface area contributed by atoms with Gasteiger partial charge in [0, 0.05) is 13.0 Å². The minimum absolute atomic E-state index is 0.144. The molecule has 0 aliphatic carbocycles. The lowest BCUT2D eigenvalue weighted by molar-refractivity contribution is -0.121. The lowest BCUT2D eigenvalue weighted by atomic mass is 10.2. The molecule has 2 heterocycles. The first-order valence-corrected chi connectivity index (χ1v) is 8.23. The monoisotopic (exact) mass is 356 g/mol. The van der Waals surface area contributed by atoms with Gasteiger partial charge < -0.3 is 14.6 Å². The van der Waals surface area contributed by atoms with Gasteiger partial charge in [0.05, 0.1) is 24.7 Å². The molecule has 0 bridgehead atoms. The topological polar surface area (TPSA) is 99.2 Å². The molecule has 0 fully saturated rings. The van der Waals surface area contributed by atoms with Crippen LogP contribution < -0.4 is 15.6 Å². The molecular weight excluding hydrogens is 336 g/mol. The molecule has 2 aromatic heterocycles. The highest BCUT2D eigenvalue weighted by Crippen LogP contribution is 2.16. The number of carbonyl (C=O) groups excluding carboxylic acids is 1. The Balaban J connectivity index is 1.61. The highest BCUT2D eigenvalue weighted by atomic mass is 16.5. The molecular formula is C18H20N4O4. The van der Waals surface area contributed by atoms with Crippen molar-refractivity contribution in [3.05, 3.63) is 51.6 Å². The number of aromatic nitrogens is 3. The number of carbonyl (C=O) groups is 1. The average Bonchev–Trinajstić information content (AvgIpc) is 3.04. The zero-order valence-electron chi connectivity index (χ0n) is 14.9. The van der Waals surface area contributed by atoms with E-state index in [0.717, 1.165) is 11.3 Å². The van der Waals surface area contributed by atoms with Crippen LogP contribution in [0.5, 0.6) is 5.75 Å². The number of hydrogen-bond donors (Lipinski definition) is 1. The van der Waals surface area contributed by atoms with E-state index in [0.29, 0.717) is 23.4 Å². The van der Waals surface area contributed by atoms with Crippen molar-refractivity contribution in [3.63, 3.8) is 0 Å². The molecule has 1 aromatic carbocycles. The van der Waals surface area contributed by atoms with Gasteiger partial charge in [0.1, 0.15) is 11.5 Å². The van der Waals surface area contributed by atoms with Crippen molar-refractivity contribution in [2.24, 2.45) is 0 Å². The van der Waals surface area contributed by atoms with Crippen LogP contribution >= 0.6 is 0 Å². The molecule has 0 saturated heterocycles. The van der Waals surface area contributed by atoms with E-state index in [1.54, 1.807) is 21.0 Å². The summed E-state index contributed by atoms with van der Waals surface area (Å²) in [5.74, 6) is 1.16. The van der Waals surface area contributed by atoms with Crippen molar-refractivity contribution >= 4 is 16.8 Å². The molecule has 1 amide bonds. The summed E-state index contributed by atoms with van der Waals surface area (Å²) < 4.78 is 11.4. The molecule has 8 heteroatoms. The number of methoxy groups -OCH3 is 1. The first-order chi connectivity index (χ1) is 12.5. The summed E-state index contributed by atoms with van der Waals surface area (Å²) in [6, 6.07) is 7.44. The zero-order valence-corrected chi connectivity index (χ0v) is 14.9. The van der Waals surface area contributed by atoms with Crippen molar-refractivity contribution in [2.75, 3.05) is 7.11 Å². The SMILES string of the molecule is COc1ccc(CNC(=O)CCn2nc(C)c3c(C)onc3c2=O)cc1. The van der Waals surface area contributed by atoms with Crippen molar-refractivity contribution in [1.29, 1.82) is 0 Å². The maximum atomic E-state index is 12.4. The van der Waals surface area contributed by atoms with Crippen LogP contribution in [0.15, 0.2) is 33.6 Å². The van der Waals surface area contributed by atoms with E-state index in [4.69, 9.17) is 9.26 Å². The van der Waals surface area contributed by atoms with Crippen molar-refractivity contribution in [2.45, 2.75) is 33.4 Å². The quantitative estimate of drug-likeness (QED) is 0.722. The van der Waals surface area contributed by atoms with Gasteiger partial charge in [-0.05, 0) is 31.5 Å². The number of fused-ring (bicyclic) bond motifs is 1. The van der Waals surface area contributed by atoms with Gasteiger partial charge in [0.25, 0.3) is 5.56 Å². The first kappa shape index (κ1) is 17.7. The van der Waals surface area contributed by atoms with Gasteiger partial charge in [-0.3, -0.25) is 9.59 Å². The second-order valence-corrected chi connectivity index (χ2v) is 5.95. The third-order valence-electron chi connectivity index (χ3n) is 4.13. The standard InChI is InChI=1S/C18H20N4O4/c1-11-16-12(2)26-21-17(16)18(24)22(20-11)9-8-15(23)19-10-13-4-6-14(25-3)7-5-13/h4-7H,8-10H2,1-3H3,(H,19,23). The number of rotatable bonds is 6. The smallest absolute Gasteiger partial charge is 0.296 e. The minimum Gasteiger partial charge on any atom is -0.497 e. The number of nitrogens with zero attached hydrogens (tertiary/aromatic N) is 3. The van der Waals surface area contributed by atoms with Crippen LogP contribution in [0.25, 0.3) is 10.9 Å². The number of amides is 1. The number of hydrogen-bond acceptors (Lipinski definition) is 6. The van der Waals surface area contributed by atoms with E-state index < -0.39 is 0 Å². The predicted molar refractivity (Wildman–Crippen MR) is 95.0 cm³/mol. The van der Waals surface area contributed by atoms with E-state index in [2.05, 4.69) is 15.6 Å². The molecule has 26 heavy (non-hydrogen) atoms. The average molecular weight is 356 g/mol. The molecule has 0 saturated carbocycles. The molecule has 0 unspecified atom stereocenters. The fourth-order valence-corrected chi connectivity index (χ4v) is 2.73. The van der Waals surface area contributed by atoms with Gasteiger partial charge in [-0.25, -0.2) is 4.68 Å². The summed E-state index contributed by atoms with van der Waals surface area (Å²) in [6.45, 7) is 4.11. The van der Waals surface area contributed by atoms with Crippen LogP contribution in [-0.4, -0.2) is 28.0 Å². The first-order valence-electron chi connectivity index (χ1n) is 8.23. The Morgan fingerprint density at radius 1 is 1.27 bits per heavy atom. The van der Waals surface area contributed by atoms with Crippen LogP contribution in [-0.2, 0) is 17.9 Å². The summed E-state index contributed by atoms with van der Waals surface area (Å²) in [7, 11) is 1.60. The lowest BCUT2D eigenvalue weighted by Gasteiger charge is -2.08. The van der Waals surface area contributed by atoms with E-state index in [9.17, 15) is 9.59 Å². The maximum absolute atomic E-state index is 12.4. The molecule has 0 spiro atoms. The summed E-state index contributed by atoms with van der Waals surface area (Å²) in [5.41, 5.74) is 1.50. The van der Waals surface area contributed by atoms with Gasteiger partial charge in [-0.2, -0.15) is 5.10 Å². The molecule has 0 atom stereocenters. The Bertz CT molecular complexity index is 989. The number of ether oxygens (including phenoxy) is 1. The van der Waals surface area contributed by atoms with E-state index >= 15 is 0 Å². The van der Waals surface area contributed by atoms with Gasteiger partial charge in [0.15, 0.2) is 5.52 Å². The van der Waals surface area contributed by atoms with Crippen molar-refractivity contribution in [3.8, 4) is 5.75 Å². The van der Waals surface area contributed by atoms with Crippen LogP contribution in [0, 0.1) is 13.8 Å². The highest BCUT2D eigenvalue weighted by molar-refractivity contribution is 5.81. The Morgan fingerprint density at radius 2 is 2.00 bits per heavy atom. The van der Waals surface area contributed by atoms with Gasteiger partial charge >= 0.3 is 0 Å². The van der Waals surface area contributed by atoms with E-state index in [-0.39, 0.29) is 29.9 Å². The highest BCUT2D eigenvalue weighted by Gasteiger charge is 2.15. The molecule has 0 radical (unpaired) electrons. The third-order valence-corrected chi connectivity index (χ3v) is 4.13. The van der Waals surface area contributed by atoms with Crippen LogP contribution in [0.2, 0.25) is 0 Å². The molecule has 0 aliphatic rings. The largest absolute Gasteiger partial charge is 0.497 e. The minimum atomic E-state index is -0.356. The maximum Gasteiger partial charge on any atom is 0.296 e. The number of nitrogens with one attached hydrogen (secondary N) is 1. The van der Waals surface area contributed by atoms with Gasteiger partial charge in [-0.15, -0.1) is 0 Å². The van der Waals surface area contributed by atoms with Gasteiger partial charge in [-0.1, -0.05) is 17.3 Å². The normalized spacial score (nSPS) is 10.9. The summed E-state index contributed by atoms with van der Waals surface area (Å²) in [4.78, 5) is 24.4. The predicted octanol–water partition coefficient (Wildman–Crippen LogP) is 1.72. The third kappa shape index (κ3) is 3.58. The molecule has 8 nitrogen and oxygen atoms in total. The number of aryl methyl sites for hydroxylation is 3. The van der Waals surface area contributed by atoms with Crippen molar-refractivity contribution in [1.82, 2.24) is 20.3 Å². The number of benzene rings is 1. The molecule has 3 aromatic rings. The zero-order chi connectivity index (χ0) is 18.7. The molecule has 0 aliphatic heterocycles. The fourth-order valence-electron chi connectivity index (χ4n) is 2.73. The summed E-state index contributed by atoms with van der Waals surface area (Å²) in [5, 5.41) is 11.5. The molecule has 1 N–H and O–H groups in total. The Hall–Kier alpha value is -3.16. The summed E-state index contributed by atoms with van der Waals surface area (Å²) in [6.07, 6.45) is 0.144. The lowest BCUT2D eigenvalue weighted by Crippen LogP contribution is -2.29. The Morgan fingerprint density at radius 3 is 2.69 bits per heavy atom. The van der Waals surface area contributed by atoms with Crippen LogP contribution in [0.4, 0.5) is 0 Å². The second kappa shape index (κ2) is 7.38. The molecule has 136 valence electrons. The van der Waals surface area contributed by atoms with E-state index in [1.807, 2.05) is 24.3 Å². The fraction of sp³-hybridized carbons (Fsp3) is 0.333.